The first-order valence-electron chi connectivity index (χ1n) is 5.76. The summed E-state index contributed by atoms with van der Waals surface area (Å²) in [5.41, 5.74) is 13.9. The van der Waals surface area contributed by atoms with Gasteiger partial charge < -0.3 is 11.5 Å². The maximum absolute atomic E-state index is 5.63. The van der Waals surface area contributed by atoms with Gasteiger partial charge in [0.25, 0.3) is 0 Å². The van der Waals surface area contributed by atoms with Crippen LogP contribution in [0, 0.1) is 0 Å². The van der Waals surface area contributed by atoms with E-state index >= 15 is 0 Å². The van der Waals surface area contributed by atoms with Crippen molar-refractivity contribution in [2.75, 3.05) is 13.1 Å². The SMILES string of the molecule is NCCc1ccc(CCN)c2ccccc12. The Bertz CT molecular complexity index is 433. The molecule has 0 radical (unpaired) electrons. The monoisotopic (exact) mass is 214 g/mol. The molecule has 0 amide bonds. The number of nitrogens with two attached hydrogens (primary N) is 2. The standard InChI is InChI=1S/C14H18N2/c15-9-7-11-5-6-12(8-10-16)14-4-2-1-3-13(11)14/h1-6H,7-10,15-16H2. The van der Waals surface area contributed by atoms with Crippen molar-refractivity contribution in [3.05, 3.63) is 47.5 Å². The highest BCUT2D eigenvalue weighted by atomic mass is 14.5. The Hall–Kier alpha value is -1.38. The van der Waals surface area contributed by atoms with E-state index in [4.69, 9.17) is 11.5 Å². The average Bonchev–Trinajstić information content (AvgIpc) is 2.33. The summed E-state index contributed by atoms with van der Waals surface area (Å²) >= 11 is 0. The molecule has 16 heavy (non-hydrogen) atoms. The van der Waals surface area contributed by atoms with Gasteiger partial charge in [-0.05, 0) is 47.8 Å². The third-order valence-corrected chi connectivity index (χ3v) is 2.93. The molecule has 0 spiro atoms. The lowest BCUT2D eigenvalue weighted by atomic mass is 9.96. The van der Waals surface area contributed by atoms with E-state index in [9.17, 15) is 0 Å². The van der Waals surface area contributed by atoms with Crippen LogP contribution in [0.4, 0.5) is 0 Å². The molecular weight excluding hydrogens is 196 g/mol. The Kier molecular flexibility index (Phi) is 3.54. The van der Waals surface area contributed by atoms with Crippen LogP contribution in [0.25, 0.3) is 10.8 Å². The van der Waals surface area contributed by atoms with Crippen LogP contribution in [0.15, 0.2) is 36.4 Å². The fourth-order valence-corrected chi connectivity index (χ4v) is 2.17. The van der Waals surface area contributed by atoms with E-state index in [0.29, 0.717) is 13.1 Å². The molecule has 2 aromatic rings. The molecule has 0 aromatic heterocycles. The molecule has 2 rings (SSSR count). The molecule has 0 atom stereocenters. The minimum Gasteiger partial charge on any atom is -0.330 e. The van der Waals surface area contributed by atoms with Crippen LogP contribution in [-0.4, -0.2) is 13.1 Å². The van der Waals surface area contributed by atoms with E-state index in [1.807, 2.05) is 0 Å². The van der Waals surface area contributed by atoms with E-state index in [1.54, 1.807) is 0 Å². The third kappa shape index (κ3) is 2.08. The summed E-state index contributed by atoms with van der Waals surface area (Å²) < 4.78 is 0. The Morgan fingerprint density at radius 3 is 1.50 bits per heavy atom. The van der Waals surface area contributed by atoms with Gasteiger partial charge in [-0.25, -0.2) is 0 Å². The van der Waals surface area contributed by atoms with E-state index < -0.39 is 0 Å². The van der Waals surface area contributed by atoms with Crippen molar-refractivity contribution >= 4 is 10.8 Å². The fraction of sp³-hybridized carbons (Fsp3) is 0.286. The molecule has 2 heteroatoms. The lowest BCUT2D eigenvalue weighted by molar-refractivity contribution is 0.962. The number of hydrogen-bond donors (Lipinski definition) is 2. The van der Waals surface area contributed by atoms with Gasteiger partial charge in [0.1, 0.15) is 0 Å². The van der Waals surface area contributed by atoms with Gasteiger partial charge in [0.05, 0.1) is 0 Å². The van der Waals surface area contributed by atoms with Gasteiger partial charge in [-0.15, -0.1) is 0 Å². The molecule has 84 valence electrons. The van der Waals surface area contributed by atoms with Crippen molar-refractivity contribution in [1.29, 1.82) is 0 Å². The molecule has 0 saturated heterocycles. The molecule has 4 N–H and O–H groups in total. The van der Waals surface area contributed by atoms with Gasteiger partial charge in [-0.1, -0.05) is 36.4 Å². The minimum atomic E-state index is 0.695. The summed E-state index contributed by atoms with van der Waals surface area (Å²) in [6, 6.07) is 12.9. The highest BCUT2D eigenvalue weighted by Crippen LogP contribution is 2.23. The summed E-state index contributed by atoms with van der Waals surface area (Å²) in [5.74, 6) is 0. The number of rotatable bonds is 4. The smallest absolute Gasteiger partial charge is 0.00365 e. The number of hydrogen-bond acceptors (Lipinski definition) is 2. The zero-order valence-corrected chi connectivity index (χ0v) is 9.45. The molecule has 0 fully saturated rings. The van der Waals surface area contributed by atoms with Crippen molar-refractivity contribution < 1.29 is 0 Å². The normalized spacial score (nSPS) is 10.9. The van der Waals surface area contributed by atoms with Crippen molar-refractivity contribution in [2.24, 2.45) is 11.5 Å². The van der Waals surface area contributed by atoms with Crippen molar-refractivity contribution in [2.45, 2.75) is 12.8 Å². The minimum absolute atomic E-state index is 0.695. The number of benzene rings is 2. The van der Waals surface area contributed by atoms with Crippen molar-refractivity contribution in [3.63, 3.8) is 0 Å². The van der Waals surface area contributed by atoms with Gasteiger partial charge in [-0.2, -0.15) is 0 Å². The zero-order chi connectivity index (χ0) is 11.4. The van der Waals surface area contributed by atoms with Gasteiger partial charge in [0.15, 0.2) is 0 Å². The van der Waals surface area contributed by atoms with Crippen LogP contribution >= 0.6 is 0 Å². The second kappa shape index (κ2) is 5.10. The zero-order valence-electron chi connectivity index (χ0n) is 9.45. The van der Waals surface area contributed by atoms with Crippen LogP contribution in [0.2, 0.25) is 0 Å². The van der Waals surface area contributed by atoms with Crippen LogP contribution in [-0.2, 0) is 12.8 Å². The first kappa shape index (κ1) is 11.1. The molecule has 2 aromatic carbocycles. The van der Waals surface area contributed by atoms with E-state index in [2.05, 4.69) is 36.4 Å². The molecule has 2 nitrogen and oxygen atoms in total. The third-order valence-electron chi connectivity index (χ3n) is 2.93. The van der Waals surface area contributed by atoms with Crippen molar-refractivity contribution in [3.8, 4) is 0 Å². The maximum Gasteiger partial charge on any atom is -0.00365 e. The molecule has 0 aliphatic rings. The largest absolute Gasteiger partial charge is 0.330 e. The highest BCUT2D eigenvalue weighted by Gasteiger charge is 2.04. The Morgan fingerprint density at radius 1 is 0.688 bits per heavy atom. The van der Waals surface area contributed by atoms with Gasteiger partial charge in [0, 0.05) is 0 Å². The average molecular weight is 214 g/mol. The van der Waals surface area contributed by atoms with E-state index in [-0.39, 0.29) is 0 Å². The lowest BCUT2D eigenvalue weighted by Gasteiger charge is -2.10. The molecular formula is C14H18N2. The molecule has 0 heterocycles. The van der Waals surface area contributed by atoms with Crippen LogP contribution in [0.3, 0.4) is 0 Å². The fourth-order valence-electron chi connectivity index (χ4n) is 2.17. The summed E-state index contributed by atoms with van der Waals surface area (Å²) in [6.45, 7) is 1.39. The summed E-state index contributed by atoms with van der Waals surface area (Å²) in [7, 11) is 0. The Labute approximate surface area is 96.3 Å². The van der Waals surface area contributed by atoms with Crippen LogP contribution in [0.1, 0.15) is 11.1 Å². The Balaban J connectivity index is 2.57. The molecule has 0 aliphatic heterocycles. The Morgan fingerprint density at radius 2 is 1.12 bits per heavy atom. The molecule has 0 unspecified atom stereocenters. The van der Waals surface area contributed by atoms with Gasteiger partial charge >= 0.3 is 0 Å². The van der Waals surface area contributed by atoms with E-state index in [1.165, 1.54) is 21.9 Å². The van der Waals surface area contributed by atoms with Crippen LogP contribution < -0.4 is 11.5 Å². The predicted molar refractivity (Wildman–Crippen MR) is 69.5 cm³/mol. The quantitative estimate of drug-likeness (QED) is 0.816. The lowest BCUT2D eigenvalue weighted by Crippen LogP contribution is -2.06. The number of fused-ring (bicyclic) bond motifs is 1. The summed E-state index contributed by atoms with van der Waals surface area (Å²) in [6.07, 6.45) is 1.87. The summed E-state index contributed by atoms with van der Waals surface area (Å²) in [5, 5.41) is 2.64. The first-order valence-corrected chi connectivity index (χ1v) is 5.76. The molecule has 0 aliphatic carbocycles. The second-order valence-electron chi connectivity index (χ2n) is 4.01. The molecule has 0 bridgehead atoms. The van der Waals surface area contributed by atoms with Gasteiger partial charge in [0.2, 0.25) is 0 Å². The molecule has 0 saturated carbocycles. The first-order chi connectivity index (χ1) is 7.86. The van der Waals surface area contributed by atoms with E-state index in [0.717, 1.165) is 12.8 Å². The highest BCUT2D eigenvalue weighted by molar-refractivity contribution is 5.88. The van der Waals surface area contributed by atoms with Crippen LogP contribution in [0.5, 0.6) is 0 Å². The van der Waals surface area contributed by atoms with Crippen molar-refractivity contribution in [1.82, 2.24) is 0 Å². The summed E-state index contributed by atoms with van der Waals surface area (Å²) in [4.78, 5) is 0. The maximum atomic E-state index is 5.63. The predicted octanol–water partition coefficient (Wildman–Crippen LogP) is 1.84. The topological polar surface area (TPSA) is 52.0 Å². The van der Waals surface area contributed by atoms with Gasteiger partial charge in [-0.3, -0.25) is 0 Å². The second-order valence-corrected chi connectivity index (χ2v) is 4.01.